The molecule has 3 aromatic carbocycles. The molecule has 2 N–H and O–H groups in total. The highest BCUT2D eigenvalue weighted by molar-refractivity contribution is 5.53. The lowest BCUT2D eigenvalue weighted by Crippen LogP contribution is -2.08. The predicted molar refractivity (Wildman–Crippen MR) is 103 cm³/mol. The van der Waals surface area contributed by atoms with E-state index < -0.39 is 0 Å². The zero-order chi connectivity index (χ0) is 18.1. The smallest absolute Gasteiger partial charge is 0.118 e. The third kappa shape index (κ3) is 3.39. The highest BCUT2D eigenvalue weighted by Gasteiger charge is 2.21. The molecule has 0 spiro atoms. The molecule has 3 rings (SSSR count). The van der Waals surface area contributed by atoms with Crippen molar-refractivity contribution < 1.29 is 10.2 Å². The second-order valence-electron chi connectivity index (χ2n) is 6.88. The number of benzene rings is 3. The number of rotatable bonds is 3. The van der Waals surface area contributed by atoms with Crippen molar-refractivity contribution in [2.75, 3.05) is 0 Å². The summed E-state index contributed by atoms with van der Waals surface area (Å²) in [5.41, 5.74) is 7.93. The lowest BCUT2D eigenvalue weighted by atomic mass is 9.80. The quantitative estimate of drug-likeness (QED) is 0.621. The maximum absolute atomic E-state index is 10.0. The van der Waals surface area contributed by atoms with Crippen LogP contribution in [-0.2, 0) is 0 Å². The van der Waals surface area contributed by atoms with E-state index in [0.717, 1.165) is 16.7 Å². The van der Waals surface area contributed by atoms with Gasteiger partial charge in [0.15, 0.2) is 0 Å². The number of aryl methyl sites for hydroxylation is 4. The molecule has 0 fully saturated rings. The normalized spacial score (nSPS) is 12.2. The summed E-state index contributed by atoms with van der Waals surface area (Å²) in [4.78, 5) is 0. The summed E-state index contributed by atoms with van der Waals surface area (Å²) >= 11 is 0. The van der Waals surface area contributed by atoms with Crippen molar-refractivity contribution in [3.63, 3.8) is 0 Å². The molecule has 0 aliphatic rings. The van der Waals surface area contributed by atoms with Crippen LogP contribution < -0.4 is 0 Å². The molecule has 128 valence electrons. The van der Waals surface area contributed by atoms with Crippen molar-refractivity contribution >= 4 is 0 Å². The summed E-state index contributed by atoms with van der Waals surface area (Å²) in [6.45, 7) is 8.19. The Morgan fingerprint density at radius 3 is 1.96 bits per heavy atom. The van der Waals surface area contributed by atoms with E-state index >= 15 is 0 Å². The van der Waals surface area contributed by atoms with Crippen molar-refractivity contribution in [3.8, 4) is 11.5 Å². The molecule has 0 radical (unpaired) electrons. The minimum absolute atomic E-state index is 0.0554. The number of aromatic hydroxyl groups is 2. The van der Waals surface area contributed by atoms with Gasteiger partial charge in [0, 0.05) is 5.92 Å². The minimum atomic E-state index is 0.0554. The summed E-state index contributed by atoms with van der Waals surface area (Å²) in [6.07, 6.45) is 0. The highest BCUT2D eigenvalue weighted by Crippen LogP contribution is 2.38. The SMILES string of the molecule is Cc1ccc(C)c(C(c2ccc(O)cc2)c2cc(C)c(O)cc2C)c1. The van der Waals surface area contributed by atoms with Crippen LogP contribution in [0.15, 0.2) is 54.6 Å². The summed E-state index contributed by atoms with van der Waals surface area (Å²) in [6, 6.07) is 17.8. The fraction of sp³-hybridized carbons (Fsp3) is 0.217. The lowest BCUT2D eigenvalue weighted by molar-refractivity contribution is 0.470. The van der Waals surface area contributed by atoms with Gasteiger partial charge in [0.05, 0.1) is 0 Å². The van der Waals surface area contributed by atoms with Gasteiger partial charge < -0.3 is 10.2 Å². The van der Waals surface area contributed by atoms with Crippen LogP contribution in [0.5, 0.6) is 11.5 Å². The van der Waals surface area contributed by atoms with Crippen LogP contribution >= 0.6 is 0 Å². The van der Waals surface area contributed by atoms with E-state index in [2.05, 4.69) is 38.1 Å². The van der Waals surface area contributed by atoms with E-state index in [1.54, 1.807) is 12.1 Å². The third-order valence-corrected chi connectivity index (χ3v) is 4.87. The highest BCUT2D eigenvalue weighted by atomic mass is 16.3. The molecule has 0 amide bonds. The minimum Gasteiger partial charge on any atom is -0.508 e. The Balaban J connectivity index is 2.28. The van der Waals surface area contributed by atoms with Crippen LogP contribution in [0, 0.1) is 27.7 Å². The van der Waals surface area contributed by atoms with Crippen molar-refractivity contribution in [2.45, 2.75) is 33.6 Å². The van der Waals surface area contributed by atoms with E-state index in [1.807, 2.05) is 32.0 Å². The second kappa shape index (κ2) is 6.64. The maximum Gasteiger partial charge on any atom is 0.118 e. The molecule has 25 heavy (non-hydrogen) atoms. The van der Waals surface area contributed by atoms with E-state index in [-0.39, 0.29) is 11.7 Å². The van der Waals surface area contributed by atoms with E-state index in [0.29, 0.717) is 5.75 Å². The topological polar surface area (TPSA) is 40.5 Å². The third-order valence-electron chi connectivity index (χ3n) is 4.87. The molecule has 1 unspecified atom stereocenters. The van der Waals surface area contributed by atoms with Gasteiger partial charge in [0.2, 0.25) is 0 Å². The second-order valence-corrected chi connectivity index (χ2v) is 6.88. The molecule has 0 saturated heterocycles. The van der Waals surface area contributed by atoms with Gasteiger partial charge in [-0.15, -0.1) is 0 Å². The largest absolute Gasteiger partial charge is 0.508 e. The number of phenolic OH excluding ortho intramolecular Hbond substituents is 2. The maximum atomic E-state index is 10.0. The average molecular weight is 332 g/mol. The average Bonchev–Trinajstić information content (AvgIpc) is 2.57. The van der Waals surface area contributed by atoms with Gasteiger partial charge in [0.25, 0.3) is 0 Å². The van der Waals surface area contributed by atoms with Crippen LogP contribution in [-0.4, -0.2) is 10.2 Å². The molecule has 0 aromatic heterocycles. The number of hydrogen-bond donors (Lipinski definition) is 2. The Kier molecular flexibility index (Phi) is 4.54. The molecule has 1 atom stereocenters. The zero-order valence-electron chi connectivity index (χ0n) is 15.2. The Morgan fingerprint density at radius 2 is 1.28 bits per heavy atom. The zero-order valence-corrected chi connectivity index (χ0v) is 15.2. The van der Waals surface area contributed by atoms with Crippen LogP contribution in [0.1, 0.15) is 44.9 Å². The molecule has 0 aliphatic heterocycles. The first-order chi connectivity index (χ1) is 11.9. The first kappa shape index (κ1) is 17.1. The monoisotopic (exact) mass is 332 g/mol. The first-order valence-corrected chi connectivity index (χ1v) is 8.53. The fourth-order valence-corrected chi connectivity index (χ4v) is 3.40. The molecule has 2 heteroatoms. The van der Waals surface area contributed by atoms with Gasteiger partial charge in [0.1, 0.15) is 11.5 Å². The van der Waals surface area contributed by atoms with Crippen molar-refractivity contribution in [1.82, 2.24) is 0 Å². The van der Waals surface area contributed by atoms with Crippen molar-refractivity contribution in [2.24, 2.45) is 0 Å². The van der Waals surface area contributed by atoms with Gasteiger partial charge >= 0.3 is 0 Å². The van der Waals surface area contributed by atoms with Gasteiger partial charge in [-0.1, -0.05) is 42.0 Å². The molecule has 0 aliphatic carbocycles. The standard InChI is InChI=1S/C23H24O2/c1-14-5-6-15(2)20(11-14)23(18-7-9-19(24)10-8-18)21-12-17(4)22(25)13-16(21)3/h5-13,23-25H,1-4H3. The number of phenols is 2. The van der Waals surface area contributed by atoms with E-state index in [4.69, 9.17) is 0 Å². The van der Waals surface area contributed by atoms with Crippen LogP contribution in [0.4, 0.5) is 0 Å². The van der Waals surface area contributed by atoms with Gasteiger partial charge in [-0.25, -0.2) is 0 Å². The van der Waals surface area contributed by atoms with Crippen molar-refractivity contribution in [1.29, 1.82) is 0 Å². The molecule has 0 heterocycles. The predicted octanol–water partition coefficient (Wildman–Crippen LogP) is 5.51. The Morgan fingerprint density at radius 1 is 0.640 bits per heavy atom. The summed E-state index contributed by atoms with van der Waals surface area (Å²) < 4.78 is 0. The first-order valence-electron chi connectivity index (χ1n) is 8.53. The molecular weight excluding hydrogens is 308 g/mol. The summed E-state index contributed by atoms with van der Waals surface area (Å²) in [5, 5.41) is 19.7. The van der Waals surface area contributed by atoms with Crippen LogP contribution in [0.2, 0.25) is 0 Å². The van der Waals surface area contributed by atoms with Gasteiger partial charge in [-0.2, -0.15) is 0 Å². The summed E-state index contributed by atoms with van der Waals surface area (Å²) in [5.74, 6) is 0.647. The Labute approximate surface area is 149 Å². The van der Waals surface area contributed by atoms with Crippen LogP contribution in [0.3, 0.4) is 0 Å². The van der Waals surface area contributed by atoms with E-state index in [9.17, 15) is 10.2 Å². The van der Waals surface area contributed by atoms with Crippen LogP contribution in [0.25, 0.3) is 0 Å². The Hall–Kier alpha value is -2.74. The Bertz CT molecular complexity index is 908. The molecular formula is C23H24O2. The van der Waals surface area contributed by atoms with Gasteiger partial charge in [-0.3, -0.25) is 0 Å². The lowest BCUT2D eigenvalue weighted by Gasteiger charge is -2.24. The molecule has 0 saturated carbocycles. The van der Waals surface area contributed by atoms with Gasteiger partial charge in [-0.05, 0) is 79.3 Å². The molecule has 2 nitrogen and oxygen atoms in total. The van der Waals surface area contributed by atoms with E-state index in [1.165, 1.54) is 22.3 Å². The summed E-state index contributed by atoms with van der Waals surface area (Å²) in [7, 11) is 0. The fourth-order valence-electron chi connectivity index (χ4n) is 3.40. The van der Waals surface area contributed by atoms with Crippen molar-refractivity contribution in [3.05, 3.63) is 93.5 Å². The number of hydrogen-bond acceptors (Lipinski definition) is 2. The molecule has 0 bridgehead atoms. The molecule has 3 aromatic rings.